The number of hydrogen-bond acceptors (Lipinski definition) is 4. The summed E-state index contributed by atoms with van der Waals surface area (Å²) in [7, 11) is 0. The van der Waals surface area contributed by atoms with E-state index in [2.05, 4.69) is 13.8 Å². The zero-order chi connectivity index (χ0) is 14.8. The molecule has 1 fully saturated rings. The van der Waals surface area contributed by atoms with Gasteiger partial charge < -0.3 is 4.48 Å². The molecule has 1 heterocycles. The minimum Gasteiger partial charge on any atom is -0.324 e. The SMILES string of the molecule is CCC[N+]1(CC)CCCC1.N#C[B-](C#N)(C#N)C#N. The molecule has 0 unspecified atom stereocenters. The summed E-state index contributed by atoms with van der Waals surface area (Å²) >= 11 is 0. The summed E-state index contributed by atoms with van der Waals surface area (Å²) < 4.78 is 1.41. The molecule has 0 aromatic rings. The topological polar surface area (TPSA) is 95.2 Å². The second kappa shape index (κ2) is 8.15. The molecular weight excluding hydrogens is 237 g/mol. The lowest BCUT2D eigenvalue weighted by Crippen LogP contribution is -2.45. The molecule has 1 aliphatic heterocycles. The predicted octanol–water partition coefficient (Wildman–Crippen LogP) is 1.71. The zero-order valence-corrected chi connectivity index (χ0v) is 11.8. The first-order valence-corrected chi connectivity index (χ1v) is 6.73. The molecule has 0 saturated carbocycles. The molecule has 1 rings (SSSR count). The van der Waals surface area contributed by atoms with Crippen molar-refractivity contribution < 1.29 is 4.48 Å². The number of hydrogen-bond donors (Lipinski definition) is 0. The van der Waals surface area contributed by atoms with Gasteiger partial charge in [0.2, 0.25) is 0 Å². The van der Waals surface area contributed by atoms with Gasteiger partial charge in [0, 0.05) is 12.8 Å². The van der Waals surface area contributed by atoms with Gasteiger partial charge in [-0.2, -0.15) is 0 Å². The fourth-order valence-electron chi connectivity index (χ4n) is 2.35. The predicted molar refractivity (Wildman–Crippen MR) is 73.1 cm³/mol. The van der Waals surface area contributed by atoms with Gasteiger partial charge in [-0.25, -0.2) is 21.0 Å². The molecule has 0 aliphatic carbocycles. The Kier molecular flexibility index (Phi) is 7.29. The van der Waals surface area contributed by atoms with Crippen molar-refractivity contribution in [1.82, 2.24) is 0 Å². The summed E-state index contributed by atoms with van der Waals surface area (Å²) in [6, 6.07) is 0. The van der Waals surface area contributed by atoms with Crippen molar-refractivity contribution in [2.45, 2.75) is 33.1 Å². The number of quaternary nitrogens is 1. The first-order chi connectivity index (χ1) is 9.07. The molecule has 6 heteroatoms. The number of likely N-dealkylation sites (tertiary alicyclic amines) is 1. The van der Waals surface area contributed by atoms with E-state index in [-0.39, 0.29) is 0 Å². The summed E-state index contributed by atoms with van der Waals surface area (Å²) in [6.07, 6.45) is 1.57. The Morgan fingerprint density at radius 1 is 0.895 bits per heavy atom. The van der Waals surface area contributed by atoms with Gasteiger partial charge in [-0.05, 0) is 13.3 Å². The molecule has 0 aromatic heterocycles. The van der Waals surface area contributed by atoms with Crippen molar-refractivity contribution in [2.75, 3.05) is 26.2 Å². The summed E-state index contributed by atoms with van der Waals surface area (Å²) in [6.45, 7) is 10.3. The average molecular weight is 257 g/mol. The Morgan fingerprint density at radius 3 is 1.53 bits per heavy atom. The van der Waals surface area contributed by atoms with Crippen LogP contribution in [0.4, 0.5) is 0 Å². The first kappa shape index (κ1) is 17.0. The summed E-state index contributed by atoms with van der Waals surface area (Å²) in [5.74, 6) is 5.38. The van der Waals surface area contributed by atoms with E-state index in [1.54, 1.807) is 0 Å². The summed E-state index contributed by atoms with van der Waals surface area (Å²) in [4.78, 5) is 0. The van der Waals surface area contributed by atoms with E-state index >= 15 is 0 Å². The third-order valence-electron chi connectivity index (χ3n) is 3.66. The van der Waals surface area contributed by atoms with E-state index in [4.69, 9.17) is 21.0 Å². The van der Waals surface area contributed by atoms with Gasteiger partial charge in [0.25, 0.3) is 0 Å². The van der Waals surface area contributed by atoms with E-state index in [1.165, 1.54) is 73.8 Å². The lowest BCUT2D eigenvalue weighted by atomic mass is 9.30. The van der Waals surface area contributed by atoms with Crippen LogP contribution in [0.1, 0.15) is 33.1 Å². The number of nitriles is 4. The highest BCUT2D eigenvalue weighted by atomic mass is 15.4. The van der Waals surface area contributed by atoms with Crippen LogP contribution in [0.15, 0.2) is 0 Å². The lowest BCUT2D eigenvalue weighted by Gasteiger charge is -2.32. The largest absolute Gasteiger partial charge is 0.383 e. The fourth-order valence-corrected chi connectivity index (χ4v) is 2.35. The summed E-state index contributed by atoms with van der Waals surface area (Å²) in [5, 5.41) is 32.3. The normalized spacial score (nSPS) is 15.9. The molecule has 100 valence electrons. The van der Waals surface area contributed by atoms with E-state index in [1.807, 2.05) is 0 Å². The molecule has 1 aliphatic rings. The van der Waals surface area contributed by atoms with Crippen LogP contribution < -0.4 is 0 Å². The third kappa shape index (κ3) is 4.63. The van der Waals surface area contributed by atoms with Gasteiger partial charge in [0.05, 0.1) is 26.2 Å². The average Bonchev–Trinajstić information content (AvgIpc) is 2.92. The fraction of sp³-hybridized carbons (Fsp3) is 0.692. The lowest BCUT2D eigenvalue weighted by molar-refractivity contribution is -0.915. The second-order valence-electron chi connectivity index (χ2n) is 4.92. The van der Waals surface area contributed by atoms with Crippen LogP contribution >= 0.6 is 0 Å². The molecule has 5 nitrogen and oxygen atoms in total. The zero-order valence-electron chi connectivity index (χ0n) is 11.8. The van der Waals surface area contributed by atoms with Crippen molar-refractivity contribution in [3.63, 3.8) is 0 Å². The maximum atomic E-state index is 8.09. The van der Waals surface area contributed by atoms with E-state index in [0.29, 0.717) is 0 Å². The van der Waals surface area contributed by atoms with E-state index in [9.17, 15) is 0 Å². The third-order valence-corrected chi connectivity index (χ3v) is 3.66. The molecule has 0 bridgehead atoms. The van der Waals surface area contributed by atoms with Crippen LogP contribution in [0.25, 0.3) is 0 Å². The Hall–Kier alpha value is -2.02. The number of nitrogens with zero attached hydrogens (tertiary/aromatic N) is 5. The summed E-state index contributed by atoms with van der Waals surface area (Å²) in [5.41, 5.74) is 0. The molecule has 0 radical (unpaired) electrons. The maximum Gasteiger partial charge on any atom is 0.383 e. The standard InChI is InChI=1S/C9H20N.C4BN4/c1-3-7-10(4-2)8-5-6-9-10;6-1-5(2-7,3-8)4-9/h3-9H2,1-2H3;/q+1;-1. The van der Waals surface area contributed by atoms with Crippen LogP contribution in [0, 0.1) is 44.9 Å². The van der Waals surface area contributed by atoms with Crippen molar-refractivity contribution in [2.24, 2.45) is 0 Å². The van der Waals surface area contributed by atoms with Crippen LogP contribution in [-0.2, 0) is 0 Å². The Balaban J connectivity index is 0.000000344. The van der Waals surface area contributed by atoms with E-state index < -0.39 is 6.15 Å². The smallest absolute Gasteiger partial charge is 0.324 e. The van der Waals surface area contributed by atoms with Gasteiger partial charge in [-0.15, -0.1) is 23.9 Å². The van der Waals surface area contributed by atoms with Crippen molar-refractivity contribution in [3.05, 3.63) is 0 Å². The monoisotopic (exact) mass is 257 g/mol. The van der Waals surface area contributed by atoms with Crippen LogP contribution in [0.3, 0.4) is 0 Å². The highest BCUT2D eigenvalue weighted by Gasteiger charge is 2.28. The first-order valence-electron chi connectivity index (χ1n) is 6.73. The number of rotatable bonds is 3. The Labute approximate surface area is 115 Å². The molecular formula is C13H20BN5. The minimum absolute atomic E-state index is 1.34. The molecule has 0 atom stereocenters. The van der Waals surface area contributed by atoms with Crippen molar-refractivity contribution >= 4 is 6.15 Å². The molecule has 0 spiro atoms. The Morgan fingerprint density at radius 2 is 1.32 bits per heavy atom. The minimum atomic E-state index is -2.72. The van der Waals surface area contributed by atoms with Gasteiger partial charge in [0.1, 0.15) is 0 Å². The van der Waals surface area contributed by atoms with Gasteiger partial charge >= 0.3 is 6.15 Å². The Bertz CT molecular complexity index is 378. The molecule has 0 N–H and O–H groups in total. The molecule has 0 aromatic carbocycles. The highest BCUT2D eigenvalue weighted by Crippen LogP contribution is 2.18. The van der Waals surface area contributed by atoms with E-state index in [0.717, 1.165) is 0 Å². The van der Waals surface area contributed by atoms with Crippen molar-refractivity contribution in [1.29, 1.82) is 21.0 Å². The van der Waals surface area contributed by atoms with Crippen molar-refractivity contribution in [3.8, 4) is 23.9 Å². The molecule has 0 amide bonds. The quantitative estimate of drug-likeness (QED) is 0.568. The van der Waals surface area contributed by atoms with Gasteiger partial charge in [-0.3, -0.25) is 0 Å². The van der Waals surface area contributed by atoms with Crippen LogP contribution in [0.5, 0.6) is 0 Å². The van der Waals surface area contributed by atoms with Crippen LogP contribution in [-0.4, -0.2) is 36.8 Å². The van der Waals surface area contributed by atoms with Crippen LogP contribution in [0.2, 0.25) is 0 Å². The highest BCUT2D eigenvalue weighted by molar-refractivity contribution is 7.05. The van der Waals surface area contributed by atoms with Gasteiger partial charge in [-0.1, -0.05) is 6.92 Å². The maximum absolute atomic E-state index is 8.09. The molecule has 1 saturated heterocycles. The van der Waals surface area contributed by atoms with Gasteiger partial charge in [0.15, 0.2) is 0 Å². The second-order valence-corrected chi connectivity index (χ2v) is 4.92. The molecule has 19 heavy (non-hydrogen) atoms.